The summed E-state index contributed by atoms with van der Waals surface area (Å²) in [7, 11) is 0. The first-order valence-corrected chi connectivity index (χ1v) is 8.79. The number of fused-ring (bicyclic) bond motifs is 1. The Morgan fingerprint density at radius 1 is 1.04 bits per heavy atom. The summed E-state index contributed by atoms with van der Waals surface area (Å²) in [5.74, 6) is 0.358. The van der Waals surface area contributed by atoms with Gasteiger partial charge in [0.25, 0.3) is 0 Å². The van der Waals surface area contributed by atoms with Crippen LogP contribution in [0.15, 0.2) is 0 Å². The molecule has 2 aliphatic carbocycles. The maximum Gasteiger partial charge on any atom is 0.313 e. The molecule has 0 aromatic carbocycles. The summed E-state index contributed by atoms with van der Waals surface area (Å²) in [4.78, 5) is 25.1. The van der Waals surface area contributed by atoms with Crippen LogP contribution in [-0.4, -0.2) is 24.1 Å². The molecular formula is C19H30O4. The third-order valence-electron chi connectivity index (χ3n) is 7.07. The first-order chi connectivity index (χ1) is 10.4. The zero-order chi connectivity index (χ0) is 17.4. The zero-order valence-corrected chi connectivity index (χ0v) is 15.4. The highest BCUT2D eigenvalue weighted by Gasteiger charge is 2.64. The Kier molecular flexibility index (Phi) is 3.45. The van der Waals surface area contributed by atoms with Gasteiger partial charge in [-0.05, 0) is 30.6 Å². The summed E-state index contributed by atoms with van der Waals surface area (Å²) in [5, 5.41) is 0. The summed E-state index contributed by atoms with van der Waals surface area (Å²) < 4.78 is 11.5. The van der Waals surface area contributed by atoms with Crippen LogP contribution >= 0.6 is 0 Å². The van der Waals surface area contributed by atoms with Crippen molar-refractivity contribution in [1.29, 1.82) is 0 Å². The molecule has 1 aliphatic heterocycles. The van der Waals surface area contributed by atoms with E-state index in [1.165, 1.54) is 0 Å². The molecule has 4 heteroatoms. The van der Waals surface area contributed by atoms with Gasteiger partial charge in [-0.15, -0.1) is 0 Å². The van der Waals surface area contributed by atoms with E-state index in [9.17, 15) is 9.59 Å². The van der Waals surface area contributed by atoms with E-state index in [0.29, 0.717) is 0 Å². The molecule has 3 aliphatic rings. The van der Waals surface area contributed by atoms with Crippen molar-refractivity contribution in [2.24, 2.45) is 34.0 Å². The van der Waals surface area contributed by atoms with Crippen molar-refractivity contribution in [3.63, 3.8) is 0 Å². The summed E-state index contributed by atoms with van der Waals surface area (Å²) >= 11 is 0. The molecule has 2 saturated carbocycles. The monoisotopic (exact) mass is 322 g/mol. The molecule has 5 unspecified atom stereocenters. The van der Waals surface area contributed by atoms with Gasteiger partial charge < -0.3 is 9.47 Å². The third kappa shape index (κ3) is 2.16. The molecule has 0 aromatic heterocycles. The minimum atomic E-state index is -0.621. The fourth-order valence-electron chi connectivity index (χ4n) is 5.04. The number of carbonyl (C=O) groups excluding carboxylic acids is 2. The highest BCUT2D eigenvalue weighted by Crippen LogP contribution is 2.57. The van der Waals surface area contributed by atoms with Gasteiger partial charge in [0.15, 0.2) is 0 Å². The lowest BCUT2D eigenvalue weighted by Crippen LogP contribution is -2.52. The van der Waals surface area contributed by atoms with Gasteiger partial charge in [-0.1, -0.05) is 41.5 Å². The predicted molar refractivity (Wildman–Crippen MR) is 86.5 cm³/mol. The predicted octanol–water partition coefficient (Wildman–Crippen LogP) is 3.58. The highest BCUT2D eigenvalue weighted by atomic mass is 16.6. The van der Waals surface area contributed by atoms with Crippen LogP contribution in [0.2, 0.25) is 0 Å². The average Bonchev–Trinajstić information content (AvgIpc) is 2.99. The van der Waals surface area contributed by atoms with Crippen LogP contribution in [0, 0.1) is 34.0 Å². The summed E-state index contributed by atoms with van der Waals surface area (Å²) in [6.07, 6.45) is 1.32. The van der Waals surface area contributed by atoms with Crippen molar-refractivity contribution in [3.8, 4) is 0 Å². The maximum atomic E-state index is 13.2. The Labute approximate surface area is 139 Å². The molecule has 3 fully saturated rings. The Morgan fingerprint density at radius 2 is 1.61 bits per heavy atom. The standard InChI is InChI=1S/C19H30O4/c1-17(2,3)19(7,18(4,5)6)16(21)23-13-10-8-11-12(9-10)15(20)22-14(11)13/h10-14H,8-9H2,1-7H3. The van der Waals surface area contributed by atoms with Crippen molar-refractivity contribution in [2.75, 3.05) is 0 Å². The Morgan fingerprint density at radius 3 is 2.13 bits per heavy atom. The molecule has 3 rings (SSSR count). The SMILES string of the molecule is CC(C)(C)C(C)(C(=O)OC1C2CC3C(=O)OC1C3C2)C(C)(C)C. The van der Waals surface area contributed by atoms with Crippen LogP contribution in [0.5, 0.6) is 0 Å². The minimum Gasteiger partial charge on any atom is -0.458 e. The molecule has 0 amide bonds. The van der Waals surface area contributed by atoms with Gasteiger partial charge in [0, 0.05) is 11.8 Å². The maximum absolute atomic E-state index is 13.2. The fourth-order valence-corrected chi connectivity index (χ4v) is 5.04. The fraction of sp³-hybridized carbons (Fsp3) is 0.895. The third-order valence-corrected chi connectivity index (χ3v) is 7.07. The lowest BCUT2D eigenvalue weighted by molar-refractivity contribution is -0.187. The van der Waals surface area contributed by atoms with Crippen molar-refractivity contribution in [2.45, 2.75) is 73.5 Å². The van der Waals surface area contributed by atoms with Crippen LogP contribution in [-0.2, 0) is 19.1 Å². The molecular weight excluding hydrogens is 292 g/mol. The number of carbonyl (C=O) groups is 2. The summed E-state index contributed by atoms with van der Waals surface area (Å²) in [6.45, 7) is 14.5. The molecule has 23 heavy (non-hydrogen) atoms. The van der Waals surface area contributed by atoms with E-state index in [-0.39, 0.29) is 52.7 Å². The number of ether oxygens (including phenoxy) is 2. The Hall–Kier alpha value is -1.06. The van der Waals surface area contributed by atoms with Gasteiger partial charge in [0.1, 0.15) is 12.2 Å². The average molecular weight is 322 g/mol. The molecule has 5 atom stereocenters. The van der Waals surface area contributed by atoms with E-state index in [1.54, 1.807) is 0 Å². The summed E-state index contributed by atoms with van der Waals surface area (Å²) in [6, 6.07) is 0. The van der Waals surface area contributed by atoms with Crippen LogP contribution in [0.3, 0.4) is 0 Å². The van der Waals surface area contributed by atoms with Gasteiger partial charge in [0.05, 0.1) is 11.3 Å². The molecule has 130 valence electrons. The number of rotatable bonds is 2. The second-order valence-corrected chi connectivity index (χ2v) is 9.90. The van der Waals surface area contributed by atoms with Crippen LogP contribution < -0.4 is 0 Å². The molecule has 2 bridgehead atoms. The van der Waals surface area contributed by atoms with Crippen LogP contribution in [0.25, 0.3) is 0 Å². The van der Waals surface area contributed by atoms with Gasteiger partial charge in [0.2, 0.25) is 0 Å². The molecule has 0 aromatic rings. The van der Waals surface area contributed by atoms with E-state index in [2.05, 4.69) is 41.5 Å². The second kappa shape index (κ2) is 4.73. The topological polar surface area (TPSA) is 52.6 Å². The molecule has 0 spiro atoms. The lowest BCUT2D eigenvalue weighted by atomic mass is 9.55. The van der Waals surface area contributed by atoms with Gasteiger partial charge in [-0.2, -0.15) is 0 Å². The van der Waals surface area contributed by atoms with Crippen molar-refractivity contribution in [3.05, 3.63) is 0 Å². The molecule has 0 N–H and O–H groups in total. The second-order valence-electron chi connectivity index (χ2n) is 9.90. The van der Waals surface area contributed by atoms with E-state index < -0.39 is 5.41 Å². The van der Waals surface area contributed by atoms with Crippen molar-refractivity contribution in [1.82, 2.24) is 0 Å². The lowest BCUT2D eigenvalue weighted by Gasteiger charge is -2.49. The van der Waals surface area contributed by atoms with Crippen molar-refractivity contribution < 1.29 is 19.1 Å². The van der Waals surface area contributed by atoms with Crippen LogP contribution in [0.4, 0.5) is 0 Å². The van der Waals surface area contributed by atoms with E-state index in [4.69, 9.17) is 9.47 Å². The van der Waals surface area contributed by atoms with Crippen LogP contribution in [0.1, 0.15) is 61.3 Å². The van der Waals surface area contributed by atoms with Gasteiger partial charge in [-0.3, -0.25) is 9.59 Å². The van der Waals surface area contributed by atoms with E-state index in [1.807, 2.05) is 6.92 Å². The number of hydrogen-bond acceptors (Lipinski definition) is 4. The Bertz CT molecular complexity index is 523. The molecule has 1 saturated heterocycles. The van der Waals surface area contributed by atoms with E-state index >= 15 is 0 Å². The van der Waals surface area contributed by atoms with Gasteiger partial charge in [-0.25, -0.2) is 0 Å². The molecule has 1 heterocycles. The molecule has 0 radical (unpaired) electrons. The van der Waals surface area contributed by atoms with Gasteiger partial charge >= 0.3 is 11.9 Å². The van der Waals surface area contributed by atoms with Crippen molar-refractivity contribution >= 4 is 11.9 Å². The quantitative estimate of drug-likeness (QED) is 0.729. The first-order valence-electron chi connectivity index (χ1n) is 8.79. The minimum absolute atomic E-state index is 0.0524. The molecule has 4 nitrogen and oxygen atoms in total. The zero-order valence-electron chi connectivity index (χ0n) is 15.4. The Balaban J connectivity index is 1.83. The summed E-state index contributed by atoms with van der Waals surface area (Å²) in [5.41, 5.74) is -1.08. The normalized spacial score (nSPS) is 36.3. The number of hydrogen-bond donors (Lipinski definition) is 0. The number of esters is 2. The van der Waals surface area contributed by atoms with E-state index in [0.717, 1.165) is 12.8 Å². The first kappa shape index (κ1) is 16.8. The smallest absolute Gasteiger partial charge is 0.313 e. The highest BCUT2D eigenvalue weighted by molar-refractivity contribution is 5.80. The largest absolute Gasteiger partial charge is 0.458 e.